The van der Waals surface area contributed by atoms with Crippen LogP contribution in [0.25, 0.3) is 0 Å². The lowest BCUT2D eigenvalue weighted by atomic mass is 10.2. The Morgan fingerprint density at radius 3 is 2.62 bits per heavy atom. The number of nitrogens with two attached hydrogens (primary N) is 1. The second kappa shape index (κ2) is 6.58. The summed E-state index contributed by atoms with van der Waals surface area (Å²) in [6, 6.07) is 7.44. The van der Waals surface area contributed by atoms with E-state index in [4.69, 9.17) is 27.4 Å². The van der Waals surface area contributed by atoms with Gasteiger partial charge in [0.2, 0.25) is 0 Å². The first kappa shape index (κ1) is 15.3. The summed E-state index contributed by atoms with van der Waals surface area (Å²) in [5.74, 6) is 1.30. The Balaban J connectivity index is 2.18. The van der Waals surface area contributed by atoms with E-state index in [2.05, 4.69) is 5.10 Å². The molecule has 0 aliphatic carbocycles. The van der Waals surface area contributed by atoms with E-state index in [-0.39, 0.29) is 0 Å². The summed E-state index contributed by atoms with van der Waals surface area (Å²) in [5.41, 5.74) is 8.36. The molecule has 0 bridgehead atoms. The maximum absolute atomic E-state index is 5.83. The normalized spacial score (nSPS) is 10.4. The molecule has 1 aromatic carbocycles. The fourth-order valence-electron chi connectivity index (χ4n) is 2.00. The Bertz CT molecular complexity index is 652. The highest BCUT2D eigenvalue weighted by Gasteiger charge is 2.10. The standard InChI is InChI=1S/C15H19N3O2S/c1-4-19-14-8-11(15(16)21)5-6-13(14)20-9-12-7-10(2)17-18(12)3/h5-8H,4,9H2,1-3H3,(H2,16,21). The number of thiocarbonyl (C=S) groups is 1. The number of hydrogen-bond acceptors (Lipinski definition) is 4. The quantitative estimate of drug-likeness (QED) is 0.830. The number of aromatic nitrogens is 2. The molecular weight excluding hydrogens is 286 g/mol. The van der Waals surface area contributed by atoms with Gasteiger partial charge in [0.1, 0.15) is 11.6 Å². The average Bonchev–Trinajstić information content (AvgIpc) is 2.75. The van der Waals surface area contributed by atoms with Gasteiger partial charge in [0, 0.05) is 12.6 Å². The zero-order valence-electron chi connectivity index (χ0n) is 12.4. The largest absolute Gasteiger partial charge is 0.490 e. The van der Waals surface area contributed by atoms with Crippen LogP contribution >= 0.6 is 12.2 Å². The number of aryl methyl sites for hydroxylation is 2. The summed E-state index contributed by atoms with van der Waals surface area (Å²) >= 11 is 4.98. The molecule has 21 heavy (non-hydrogen) atoms. The minimum atomic E-state index is 0.338. The molecule has 0 atom stereocenters. The first-order valence-corrected chi connectivity index (χ1v) is 7.11. The van der Waals surface area contributed by atoms with Crippen LogP contribution in [-0.4, -0.2) is 21.4 Å². The molecule has 6 heteroatoms. The number of hydrogen-bond donors (Lipinski definition) is 1. The molecule has 0 fully saturated rings. The molecule has 0 saturated heterocycles. The molecule has 112 valence electrons. The Hall–Kier alpha value is -2.08. The molecule has 0 aliphatic heterocycles. The molecule has 0 radical (unpaired) electrons. The van der Waals surface area contributed by atoms with E-state index in [1.165, 1.54) is 0 Å². The minimum absolute atomic E-state index is 0.338. The number of benzene rings is 1. The van der Waals surface area contributed by atoms with Crippen molar-refractivity contribution in [2.45, 2.75) is 20.5 Å². The maximum Gasteiger partial charge on any atom is 0.161 e. The predicted molar refractivity (Wildman–Crippen MR) is 85.8 cm³/mol. The van der Waals surface area contributed by atoms with E-state index in [0.29, 0.717) is 29.7 Å². The molecule has 2 N–H and O–H groups in total. The van der Waals surface area contributed by atoms with Crippen LogP contribution in [0.1, 0.15) is 23.9 Å². The summed E-state index contributed by atoms with van der Waals surface area (Å²) in [6.07, 6.45) is 0. The zero-order valence-corrected chi connectivity index (χ0v) is 13.2. The van der Waals surface area contributed by atoms with Gasteiger partial charge in [-0.15, -0.1) is 0 Å². The first-order chi connectivity index (χ1) is 10.0. The number of rotatable bonds is 6. The van der Waals surface area contributed by atoms with Crippen LogP contribution in [0.15, 0.2) is 24.3 Å². The van der Waals surface area contributed by atoms with Crippen LogP contribution in [0.2, 0.25) is 0 Å². The van der Waals surface area contributed by atoms with E-state index in [1.807, 2.05) is 39.1 Å². The van der Waals surface area contributed by atoms with Crippen molar-refractivity contribution >= 4 is 17.2 Å². The molecule has 5 nitrogen and oxygen atoms in total. The minimum Gasteiger partial charge on any atom is -0.490 e. The van der Waals surface area contributed by atoms with Crippen molar-refractivity contribution in [1.82, 2.24) is 9.78 Å². The molecule has 0 saturated carbocycles. The summed E-state index contributed by atoms with van der Waals surface area (Å²) in [6.45, 7) is 4.83. The molecule has 2 aromatic rings. The summed E-state index contributed by atoms with van der Waals surface area (Å²) in [4.78, 5) is 0.338. The van der Waals surface area contributed by atoms with E-state index in [1.54, 1.807) is 10.7 Å². The molecule has 0 aliphatic rings. The highest BCUT2D eigenvalue weighted by atomic mass is 32.1. The van der Waals surface area contributed by atoms with Crippen molar-refractivity contribution in [1.29, 1.82) is 0 Å². The Kier molecular flexibility index (Phi) is 4.80. The Labute approximate surface area is 129 Å². The third-order valence-electron chi connectivity index (χ3n) is 3.00. The molecule has 2 rings (SSSR count). The maximum atomic E-state index is 5.83. The lowest BCUT2D eigenvalue weighted by Crippen LogP contribution is -2.10. The lowest BCUT2D eigenvalue weighted by Gasteiger charge is -2.13. The van der Waals surface area contributed by atoms with Gasteiger partial charge in [0.05, 0.1) is 18.0 Å². The van der Waals surface area contributed by atoms with E-state index in [9.17, 15) is 0 Å². The molecular formula is C15H19N3O2S. The van der Waals surface area contributed by atoms with Gasteiger partial charge in [0.15, 0.2) is 11.5 Å². The van der Waals surface area contributed by atoms with Gasteiger partial charge in [0.25, 0.3) is 0 Å². The smallest absolute Gasteiger partial charge is 0.161 e. The van der Waals surface area contributed by atoms with Crippen LogP contribution in [0.3, 0.4) is 0 Å². The fourth-order valence-corrected chi connectivity index (χ4v) is 2.13. The molecule has 1 heterocycles. The van der Waals surface area contributed by atoms with E-state index < -0.39 is 0 Å². The van der Waals surface area contributed by atoms with Crippen molar-refractivity contribution < 1.29 is 9.47 Å². The SMILES string of the molecule is CCOc1cc(C(N)=S)ccc1OCc1cc(C)nn1C. The van der Waals surface area contributed by atoms with Gasteiger partial charge in [-0.1, -0.05) is 12.2 Å². The van der Waals surface area contributed by atoms with Crippen LogP contribution in [0.5, 0.6) is 11.5 Å². The van der Waals surface area contributed by atoms with Gasteiger partial charge in [-0.25, -0.2) is 0 Å². The monoisotopic (exact) mass is 305 g/mol. The van der Waals surface area contributed by atoms with E-state index in [0.717, 1.165) is 17.0 Å². The molecule has 0 unspecified atom stereocenters. The highest BCUT2D eigenvalue weighted by Crippen LogP contribution is 2.29. The predicted octanol–water partition coefficient (Wildman–Crippen LogP) is 2.34. The second-order valence-electron chi connectivity index (χ2n) is 4.65. The van der Waals surface area contributed by atoms with Crippen LogP contribution in [0.4, 0.5) is 0 Å². The van der Waals surface area contributed by atoms with Crippen LogP contribution in [-0.2, 0) is 13.7 Å². The number of ether oxygens (including phenoxy) is 2. The molecule has 1 aromatic heterocycles. The Morgan fingerprint density at radius 1 is 1.29 bits per heavy atom. The van der Waals surface area contributed by atoms with Crippen LogP contribution in [0, 0.1) is 6.92 Å². The van der Waals surface area contributed by atoms with Crippen molar-refractivity contribution in [3.8, 4) is 11.5 Å². The zero-order chi connectivity index (χ0) is 15.4. The van der Waals surface area contributed by atoms with Gasteiger partial charge < -0.3 is 15.2 Å². The summed E-state index contributed by atoms with van der Waals surface area (Å²) in [7, 11) is 1.89. The van der Waals surface area contributed by atoms with Crippen molar-refractivity contribution in [2.24, 2.45) is 12.8 Å². The van der Waals surface area contributed by atoms with Crippen molar-refractivity contribution in [3.05, 3.63) is 41.2 Å². The molecule has 0 spiro atoms. The third-order valence-corrected chi connectivity index (χ3v) is 3.24. The third kappa shape index (κ3) is 3.72. The van der Waals surface area contributed by atoms with Crippen LogP contribution < -0.4 is 15.2 Å². The fraction of sp³-hybridized carbons (Fsp3) is 0.333. The van der Waals surface area contributed by atoms with Crippen molar-refractivity contribution in [2.75, 3.05) is 6.61 Å². The van der Waals surface area contributed by atoms with Gasteiger partial charge in [-0.3, -0.25) is 4.68 Å². The van der Waals surface area contributed by atoms with Gasteiger partial charge in [-0.2, -0.15) is 5.10 Å². The second-order valence-corrected chi connectivity index (χ2v) is 5.09. The molecule has 0 amide bonds. The van der Waals surface area contributed by atoms with Gasteiger partial charge >= 0.3 is 0 Å². The Morgan fingerprint density at radius 2 is 2.05 bits per heavy atom. The van der Waals surface area contributed by atoms with E-state index >= 15 is 0 Å². The van der Waals surface area contributed by atoms with Gasteiger partial charge in [-0.05, 0) is 38.1 Å². The first-order valence-electron chi connectivity index (χ1n) is 6.70. The average molecular weight is 305 g/mol. The summed E-state index contributed by atoms with van der Waals surface area (Å²) < 4.78 is 13.2. The highest BCUT2D eigenvalue weighted by molar-refractivity contribution is 7.80. The van der Waals surface area contributed by atoms with Crippen molar-refractivity contribution in [3.63, 3.8) is 0 Å². The summed E-state index contributed by atoms with van der Waals surface area (Å²) in [5, 5.41) is 4.29. The topological polar surface area (TPSA) is 62.3 Å². The number of nitrogens with zero attached hydrogens (tertiary/aromatic N) is 2. The lowest BCUT2D eigenvalue weighted by molar-refractivity contribution is 0.263.